The molecule has 0 spiro atoms. The number of fused-ring (bicyclic) bond motifs is 1. The Balaban J connectivity index is 2.06. The van der Waals surface area contributed by atoms with Gasteiger partial charge in [-0.2, -0.15) is 0 Å². The first-order valence-corrected chi connectivity index (χ1v) is 10.5. The van der Waals surface area contributed by atoms with E-state index in [9.17, 15) is 4.21 Å². The predicted molar refractivity (Wildman–Crippen MR) is 105 cm³/mol. The number of hydrogen-bond acceptors (Lipinski definition) is 3. The largest absolute Gasteiger partial charge is 0.365 e. The third-order valence-corrected chi connectivity index (χ3v) is 6.40. The average molecular weight is 365 g/mol. The first-order chi connectivity index (χ1) is 11.2. The van der Waals surface area contributed by atoms with Crippen molar-refractivity contribution in [3.05, 3.63) is 35.1 Å². The van der Waals surface area contributed by atoms with Gasteiger partial charge < -0.3 is 4.90 Å². The molecule has 130 valence electrons. The van der Waals surface area contributed by atoms with Gasteiger partial charge in [-0.05, 0) is 42.8 Å². The van der Waals surface area contributed by atoms with Gasteiger partial charge in [0.1, 0.15) is 5.15 Å². The molecule has 0 amide bonds. The van der Waals surface area contributed by atoms with E-state index in [1.807, 2.05) is 12.3 Å². The molecule has 2 aromatic rings. The Bertz CT molecular complexity index is 803. The Labute approximate surface area is 151 Å². The lowest BCUT2D eigenvalue weighted by molar-refractivity contribution is 0.223. The Kier molecular flexibility index (Phi) is 4.65. The van der Waals surface area contributed by atoms with Crippen molar-refractivity contribution in [2.75, 3.05) is 23.5 Å². The molecule has 1 aliphatic heterocycles. The van der Waals surface area contributed by atoms with Gasteiger partial charge in [-0.3, -0.25) is 4.21 Å². The van der Waals surface area contributed by atoms with Crippen molar-refractivity contribution < 1.29 is 4.21 Å². The molecule has 1 aromatic heterocycles. The van der Waals surface area contributed by atoms with Crippen molar-refractivity contribution >= 4 is 38.9 Å². The summed E-state index contributed by atoms with van der Waals surface area (Å²) in [6.45, 7) is 9.80. The molecule has 0 aliphatic carbocycles. The van der Waals surface area contributed by atoms with E-state index in [4.69, 9.17) is 11.6 Å². The van der Waals surface area contributed by atoms with Crippen molar-refractivity contribution in [1.82, 2.24) is 4.98 Å². The second-order valence-electron chi connectivity index (χ2n) is 7.58. The zero-order chi connectivity index (χ0) is 17.6. The van der Waals surface area contributed by atoms with Gasteiger partial charge >= 0.3 is 0 Å². The van der Waals surface area contributed by atoms with E-state index in [1.54, 1.807) is 6.26 Å². The number of benzene rings is 1. The third kappa shape index (κ3) is 2.95. The van der Waals surface area contributed by atoms with E-state index in [-0.39, 0.29) is 5.54 Å². The molecule has 1 fully saturated rings. The molecular formula is C19H25ClN2OS. The fraction of sp³-hybridized carbons (Fsp3) is 0.526. The van der Waals surface area contributed by atoms with Gasteiger partial charge in [0.25, 0.3) is 0 Å². The summed E-state index contributed by atoms with van der Waals surface area (Å²) in [6.07, 6.45) is 3.68. The van der Waals surface area contributed by atoms with Crippen LogP contribution in [0.2, 0.25) is 5.15 Å². The van der Waals surface area contributed by atoms with E-state index in [0.29, 0.717) is 17.0 Å². The molecule has 24 heavy (non-hydrogen) atoms. The topological polar surface area (TPSA) is 33.2 Å². The van der Waals surface area contributed by atoms with Gasteiger partial charge in [-0.25, -0.2) is 4.98 Å². The highest BCUT2D eigenvalue weighted by atomic mass is 35.5. The molecule has 1 saturated heterocycles. The number of pyridine rings is 1. The number of nitrogens with zero attached hydrogens (tertiary/aromatic N) is 2. The van der Waals surface area contributed by atoms with Gasteiger partial charge in [0.2, 0.25) is 0 Å². The Hall–Kier alpha value is -1.13. The highest BCUT2D eigenvalue weighted by molar-refractivity contribution is 7.84. The molecule has 1 unspecified atom stereocenters. The molecule has 0 bridgehead atoms. The zero-order valence-corrected chi connectivity index (χ0v) is 16.5. The lowest BCUT2D eigenvalue weighted by Gasteiger charge is -2.57. The molecule has 2 atom stereocenters. The number of aromatic nitrogens is 1. The van der Waals surface area contributed by atoms with E-state index >= 15 is 0 Å². The Morgan fingerprint density at radius 3 is 2.67 bits per heavy atom. The van der Waals surface area contributed by atoms with Crippen LogP contribution >= 0.6 is 11.6 Å². The summed E-state index contributed by atoms with van der Waals surface area (Å²) < 4.78 is 11.6. The van der Waals surface area contributed by atoms with Crippen LogP contribution in [-0.4, -0.2) is 33.3 Å². The van der Waals surface area contributed by atoms with Crippen LogP contribution in [0.5, 0.6) is 0 Å². The summed E-state index contributed by atoms with van der Waals surface area (Å²) in [4.78, 5) is 6.72. The molecule has 1 aliphatic rings. The molecule has 5 heteroatoms. The SMILES string of the molecule is CC(C)c1ccc(N2CC(C[S@](C)=O)C2(C)C)c2cnc(Cl)cc12. The number of halogens is 1. The zero-order valence-electron chi connectivity index (χ0n) is 15.0. The molecule has 0 saturated carbocycles. The van der Waals surface area contributed by atoms with Crippen LogP contribution < -0.4 is 4.90 Å². The lowest BCUT2D eigenvalue weighted by atomic mass is 9.77. The fourth-order valence-electron chi connectivity index (χ4n) is 3.70. The summed E-state index contributed by atoms with van der Waals surface area (Å²) in [6, 6.07) is 6.38. The van der Waals surface area contributed by atoms with Crippen LogP contribution in [0.3, 0.4) is 0 Å². The minimum atomic E-state index is -0.759. The van der Waals surface area contributed by atoms with Crippen molar-refractivity contribution in [2.24, 2.45) is 5.92 Å². The molecule has 1 aromatic carbocycles. The second kappa shape index (κ2) is 6.30. The van der Waals surface area contributed by atoms with Crippen molar-refractivity contribution in [2.45, 2.75) is 39.2 Å². The minimum absolute atomic E-state index is 0.00240. The maximum atomic E-state index is 11.6. The van der Waals surface area contributed by atoms with Gasteiger partial charge in [0, 0.05) is 58.1 Å². The quantitative estimate of drug-likeness (QED) is 0.743. The monoisotopic (exact) mass is 364 g/mol. The van der Waals surface area contributed by atoms with Crippen LogP contribution in [0.15, 0.2) is 24.4 Å². The van der Waals surface area contributed by atoms with E-state index < -0.39 is 10.8 Å². The average Bonchev–Trinajstić information content (AvgIpc) is 2.49. The molecule has 2 heterocycles. The highest BCUT2D eigenvalue weighted by Crippen LogP contribution is 2.44. The van der Waals surface area contributed by atoms with Gasteiger partial charge in [0.05, 0.1) is 0 Å². The molecule has 0 radical (unpaired) electrons. The van der Waals surface area contributed by atoms with Crippen LogP contribution in [0.25, 0.3) is 10.8 Å². The standard InChI is InChI=1S/C19H25ClN2OS/c1-12(2)14-6-7-17(16-9-21-18(20)8-15(14)16)22-10-13(11-24(5)23)19(22,3)4/h6-9,12-13H,10-11H2,1-5H3/t13?,24-/m0/s1. The number of rotatable bonds is 4. The molecule has 0 N–H and O–H groups in total. The van der Waals surface area contributed by atoms with E-state index in [1.165, 1.54) is 16.6 Å². The molecular weight excluding hydrogens is 340 g/mol. The Morgan fingerprint density at radius 1 is 1.38 bits per heavy atom. The predicted octanol–water partition coefficient (Wildman–Crippen LogP) is 4.60. The maximum Gasteiger partial charge on any atom is 0.129 e. The van der Waals surface area contributed by atoms with Gasteiger partial charge in [0.15, 0.2) is 0 Å². The van der Waals surface area contributed by atoms with Crippen LogP contribution in [-0.2, 0) is 10.8 Å². The molecule has 3 nitrogen and oxygen atoms in total. The number of hydrogen-bond donors (Lipinski definition) is 0. The Morgan fingerprint density at radius 2 is 2.08 bits per heavy atom. The van der Waals surface area contributed by atoms with Crippen molar-refractivity contribution in [3.63, 3.8) is 0 Å². The second-order valence-corrected chi connectivity index (χ2v) is 9.45. The normalized spacial score (nSPS) is 21.1. The van der Waals surface area contributed by atoms with Gasteiger partial charge in [-0.15, -0.1) is 0 Å². The van der Waals surface area contributed by atoms with Gasteiger partial charge in [-0.1, -0.05) is 31.5 Å². The first kappa shape index (κ1) is 17.7. The van der Waals surface area contributed by atoms with Crippen molar-refractivity contribution in [1.29, 1.82) is 0 Å². The van der Waals surface area contributed by atoms with E-state index in [0.717, 1.165) is 17.7 Å². The van der Waals surface area contributed by atoms with Crippen LogP contribution in [0.1, 0.15) is 39.2 Å². The highest BCUT2D eigenvalue weighted by Gasteiger charge is 2.46. The number of anilines is 1. The third-order valence-electron chi connectivity index (χ3n) is 5.32. The van der Waals surface area contributed by atoms with E-state index in [2.05, 4.69) is 49.7 Å². The minimum Gasteiger partial charge on any atom is -0.365 e. The van der Waals surface area contributed by atoms with Crippen molar-refractivity contribution in [3.8, 4) is 0 Å². The maximum absolute atomic E-state index is 11.6. The molecule has 3 rings (SSSR count). The fourth-order valence-corrected chi connectivity index (χ4v) is 4.93. The van der Waals surface area contributed by atoms with Crippen LogP contribution in [0, 0.1) is 5.92 Å². The summed E-state index contributed by atoms with van der Waals surface area (Å²) in [7, 11) is -0.759. The van der Waals surface area contributed by atoms with Crippen LogP contribution in [0.4, 0.5) is 5.69 Å². The smallest absolute Gasteiger partial charge is 0.129 e. The summed E-state index contributed by atoms with van der Waals surface area (Å²) in [5.41, 5.74) is 2.49. The first-order valence-electron chi connectivity index (χ1n) is 8.37. The lowest BCUT2D eigenvalue weighted by Crippen LogP contribution is -2.65. The summed E-state index contributed by atoms with van der Waals surface area (Å²) in [5.74, 6) is 1.64. The summed E-state index contributed by atoms with van der Waals surface area (Å²) >= 11 is 6.15. The summed E-state index contributed by atoms with van der Waals surface area (Å²) in [5, 5.41) is 2.86.